The molecule has 0 unspecified atom stereocenters. The Balaban J connectivity index is 2.24. The predicted octanol–water partition coefficient (Wildman–Crippen LogP) is 1.38. The first kappa shape index (κ1) is 11.5. The van der Waals surface area contributed by atoms with Crippen LogP contribution in [-0.4, -0.2) is 16.1 Å². The van der Waals surface area contributed by atoms with Crippen molar-refractivity contribution in [3.8, 4) is 0 Å². The van der Waals surface area contributed by atoms with Crippen molar-refractivity contribution in [2.24, 2.45) is 5.84 Å². The van der Waals surface area contributed by atoms with E-state index in [1.165, 1.54) is 11.3 Å². The van der Waals surface area contributed by atoms with Gasteiger partial charge in [0, 0.05) is 0 Å². The number of hydrogen-bond donors (Lipinski definition) is 3. The van der Waals surface area contributed by atoms with E-state index in [1.54, 1.807) is 17.6 Å². The molecule has 1 aromatic carbocycles. The van der Waals surface area contributed by atoms with E-state index >= 15 is 0 Å². The van der Waals surface area contributed by atoms with Crippen LogP contribution in [0.3, 0.4) is 0 Å². The molecule has 0 atom stereocenters. The number of carbonyl (C=O) groups is 1. The number of hydrazine groups is 1. The lowest BCUT2D eigenvalue weighted by atomic mass is 10.1. The number of nitrogens with zero attached hydrogens (tertiary/aromatic N) is 2. The van der Waals surface area contributed by atoms with Gasteiger partial charge in [-0.25, -0.2) is 0 Å². The first-order chi connectivity index (χ1) is 8.20. The Morgan fingerprint density at radius 2 is 2.29 bits per heavy atom. The largest absolute Gasteiger partial charge is 0.323 e. The Kier molecular flexibility index (Phi) is 3.31. The van der Waals surface area contributed by atoms with Crippen LogP contribution in [0, 0.1) is 6.92 Å². The van der Waals surface area contributed by atoms with Gasteiger partial charge in [0.05, 0.1) is 11.3 Å². The average molecular weight is 249 g/mol. The average Bonchev–Trinajstić information content (AvgIpc) is 2.81. The summed E-state index contributed by atoms with van der Waals surface area (Å²) in [7, 11) is 0. The van der Waals surface area contributed by atoms with Crippen molar-refractivity contribution in [3.63, 3.8) is 0 Å². The Morgan fingerprint density at radius 3 is 2.94 bits per heavy atom. The summed E-state index contributed by atoms with van der Waals surface area (Å²) < 4.78 is 0. The predicted molar refractivity (Wildman–Crippen MR) is 66.9 cm³/mol. The minimum atomic E-state index is -0.269. The Labute approximate surface area is 102 Å². The molecule has 2 rings (SSSR count). The zero-order chi connectivity index (χ0) is 12.3. The van der Waals surface area contributed by atoms with Gasteiger partial charge in [0.15, 0.2) is 0 Å². The second-order valence-electron chi connectivity index (χ2n) is 3.39. The summed E-state index contributed by atoms with van der Waals surface area (Å²) in [6.45, 7) is 1.92. The van der Waals surface area contributed by atoms with Gasteiger partial charge in [0.1, 0.15) is 5.51 Å². The van der Waals surface area contributed by atoms with Crippen molar-refractivity contribution in [2.45, 2.75) is 6.92 Å². The van der Waals surface area contributed by atoms with Crippen molar-refractivity contribution in [2.75, 3.05) is 10.7 Å². The highest BCUT2D eigenvalue weighted by atomic mass is 32.1. The van der Waals surface area contributed by atoms with Gasteiger partial charge in [-0.1, -0.05) is 17.4 Å². The molecule has 0 aliphatic carbocycles. The number of rotatable bonds is 3. The zero-order valence-corrected chi connectivity index (χ0v) is 9.91. The third-order valence-corrected chi connectivity index (χ3v) is 2.76. The minimum Gasteiger partial charge on any atom is -0.323 e. The van der Waals surface area contributed by atoms with Crippen LogP contribution in [0.4, 0.5) is 10.8 Å². The molecule has 0 radical (unpaired) electrons. The molecule has 0 saturated heterocycles. The Hall–Kier alpha value is -1.99. The van der Waals surface area contributed by atoms with E-state index in [0.29, 0.717) is 16.4 Å². The van der Waals surface area contributed by atoms with E-state index in [2.05, 4.69) is 20.9 Å². The molecule has 88 valence electrons. The van der Waals surface area contributed by atoms with Gasteiger partial charge in [-0.2, -0.15) is 0 Å². The highest BCUT2D eigenvalue weighted by Gasteiger charge is 2.12. The summed E-state index contributed by atoms with van der Waals surface area (Å²) in [5.74, 6) is 5.11. The third kappa shape index (κ3) is 2.58. The summed E-state index contributed by atoms with van der Waals surface area (Å²) >= 11 is 1.26. The molecule has 17 heavy (non-hydrogen) atoms. The Morgan fingerprint density at radius 1 is 1.47 bits per heavy atom. The van der Waals surface area contributed by atoms with E-state index in [4.69, 9.17) is 5.84 Å². The molecule has 1 amide bonds. The molecular weight excluding hydrogens is 238 g/mol. The quantitative estimate of drug-likeness (QED) is 0.564. The number of nitrogens with one attached hydrogen (secondary N) is 2. The van der Waals surface area contributed by atoms with Crippen LogP contribution in [0.25, 0.3) is 0 Å². The van der Waals surface area contributed by atoms with Crippen molar-refractivity contribution < 1.29 is 4.79 Å². The van der Waals surface area contributed by atoms with E-state index in [1.807, 2.05) is 13.0 Å². The number of anilines is 2. The van der Waals surface area contributed by atoms with Gasteiger partial charge in [0.25, 0.3) is 5.91 Å². The molecule has 7 heteroatoms. The molecule has 0 spiro atoms. The molecule has 4 N–H and O–H groups in total. The molecule has 0 saturated carbocycles. The minimum absolute atomic E-state index is 0.269. The SMILES string of the molecule is Cc1ccc(C(=O)Nc2nncs2)c(NN)c1. The molecular formula is C10H11N5OS. The van der Waals surface area contributed by atoms with E-state index in [0.717, 1.165) is 5.56 Å². The van der Waals surface area contributed by atoms with Crippen molar-refractivity contribution in [3.05, 3.63) is 34.8 Å². The van der Waals surface area contributed by atoms with Crippen molar-refractivity contribution in [1.29, 1.82) is 0 Å². The maximum Gasteiger partial charge on any atom is 0.259 e. The maximum absolute atomic E-state index is 11.9. The van der Waals surface area contributed by atoms with Crippen LogP contribution in [0.15, 0.2) is 23.7 Å². The molecule has 1 aromatic heterocycles. The number of nitrogens with two attached hydrogens (primary N) is 1. The molecule has 0 aliphatic rings. The van der Waals surface area contributed by atoms with Crippen LogP contribution in [0.5, 0.6) is 0 Å². The highest BCUT2D eigenvalue weighted by Crippen LogP contribution is 2.18. The van der Waals surface area contributed by atoms with Gasteiger partial charge >= 0.3 is 0 Å². The van der Waals surface area contributed by atoms with E-state index in [-0.39, 0.29) is 5.91 Å². The van der Waals surface area contributed by atoms with Gasteiger partial charge in [-0.3, -0.25) is 16.0 Å². The number of carbonyl (C=O) groups excluding carboxylic acids is 1. The number of aromatic nitrogens is 2. The fourth-order valence-electron chi connectivity index (χ4n) is 1.37. The van der Waals surface area contributed by atoms with E-state index in [9.17, 15) is 4.79 Å². The molecule has 2 aromatic rings. The van der Waals surface area contributed by atoms with E-state index < -0.39 is 0 Å². The monoisotopic (exact) mass is 249 g/mol. The number of benzene rings is 1. The summed E-state index contributed by atoms with van der Waals surface area (Å²) in [6.07, 6.45) is 0. The smallest absolute Gasteiger partial charge is 0.259 e. The fraction of sp³-hybridized carbons (Fsp3) is 0.100. The summed E-state index contributed by atoms with van der Waals surface area (Å²) in [6, 6.07) is 5.35. The standard InChI is InChI=1S/C10H11N5OS/c1-6-2-3-7(8(4-6)14-11)9(16)13-10-15-12-5-17-10/h2-5,14H,11H2,1H3,(H,13,15,16). The molecule has 6 nitrogen and oxygen atoms in total. The maximum atomic E-state index is 11.9. The molecule has 0 bridgehead atoms. The van der Waals surface area contributed by atoms with Gasteiger partial charge in [-0.05, 0) is 24.6 Å². The zero-order valence-electron chi connectivity index (χ0n) is 9.10. The van der Waals surface area contributed by atoms with Gasteiger partial charge in [-0.15, -0.1) is 10.2 Å². The third-order valence-electron chi connectivity index (χ3n) is 2.16. The number of nitrogen functional groups attached to an aromatic ring is 1. The molecule has 0 aliphatic heterocycles. The van der Waals surface area contributed by atoms with Gasteiger partial charge in [0.2, 0.25) is 5.13 Å². The van der Waals surface area contributed by atoms with Crippen molar-refractivity contribution >= 4 is 28.1 Å². The number of hydrogen-bond acceptors (Lipinski definition) is 6. The summed E-state index contributed by atoms with van der Waals surface area (Å²) in [5.41, 5.74) is 6.11. The van der Waals surface area contributed by atoms with Crippen LogP contribution in [0.1, 0.15) is 15.9 Å². The topological polar surface area (TPSA) is 92.9 Å². The number of amides is 1. The van der Waals surface area contributed by atoms with Crippen LogP contribution < -0.4 is 16.6 Å². The lowest BCUT2D eigenvalue weighted by molar-refractivity contribution is 0.102. The lowest BCUT2D eigenvalue weighted by Gasteiger charge is -2.08. The van der Waals surface area contributed by atoms with Crippen LogP contribution in [-0.2, 0) is 0 Å². The van der Waals surface area contributed by atoms with Gasteiger partial charge < -0.3 is 5.43 Å². The molecule has 0 fully saturated rings. The first-order valence-corrected chi connectivity index (χ1v) is 5.73. The summed E-state index contributed by atoms with van der Waals surface area (Å²) in [5, 5.41) is 10.5. The molecule has 1 heterocycles. The summed E-state index contributed by atoms with van der Waals surface area (Å²) in [4.78, 5) is 11.9. The second-order valence-corrected chi connectivity index (χ2v) is 4.22. The highest BCUT2D eigenvalue weighted by molar-refractivity contribution is 7.13. The number of aryl methyl sites for hydroxylation is 1. The van der Waals surface area contributed by atoms with Crippen LogP contribution >= 0.6 is 11.3 Å². The second kappa shape index (κ2) is 4.89. The Bertz CT molecular complexity index is 525. The normalized spacial score (nSPS) is 10.0. The van der Waals surface area contributed by atoms with Crippen LogP contribution in [0.2, 0.25) is 0 Å². The fourth-order valence-corrected chi connectivity index (χ4v) is 1.81. The van der Waals surface area contributed by atoms with Crippen molar-refractivity contribution in [1.82, 2.24) is 10.2 Å². The first-order valence-electron chi connectivity index (χ1n) is 4.85. The lowest BCUT2D eigenvalue weighted by Crippen LogP contribution is -2.17.